The number of hydrogen-bond donors (Lipinski definition) is 0. The van der Waals surface area contributed by atoms with Gasteiger partial charge in [0.15, 0.2) is 0 Å². The van der Waals surface area contributed by atoms with Gasteiger partial charge in [-0.25, -0.2) is 0 Å². The second kappa shape index (κ2) is 17.0. The highest BCUT2D eigenvalue weighted by Gasteiger charge is 2.35. The fourth-order valence-corrected chi connectivity index (χ4v) is 7.15. The van der Waals surface area contributed by atoms with E-state index in [4.69, 9.17) is 9.47 Å². The molecule has 0 N–H and O–H groups in total. The Morgan fingerprint density at radius 1 is 0.778 bits per heavy atom. The Morgan fingerprint density at radius 3 is 1.93 bits per heavy atom. The maximum atomic E-state index is 13.3. The van der Waals surface area contributed by atoms with E-state index in [9.17, 15) is 4.79 Å². The van der Waals surface area contributed by atoms with E-state index < -0.39 is 0 Å². The minimum absolute atomic E-state index is 0.143. The lowest BCUT2D eigenvalue weighted by atomic mass is 9.83. The van der Waals surface area contributed by atoms with Gasteiger partial charge in [-0.2, -0.15) is 0 Å². The molecule has 1 heterocycles. The molecule has 0 radical (unpaired) electrons. The molecule has 0 spiro atoms. The van der Waals surface area contributed by atoms with Crippen molar-refractivity contribution in [2.45, 2.75) is 165 Å². The quantitative estimate of drug-likeness (QED) is 0.131. The fourth-order valence-electron chi connectivity index (χ4n) is 7.15. The maximum absolute atomic E-state index is 13.3. The Bertz CT molecular complexity index is 1220. The highest BCUT2D eigenvalue weighted by Crippen LogP contribution is 2.45. The van der Waals surface area contributed by atoms with Crippen LogP contribution in [0.25, 0.3) is 0 Å². The van der Waals surface area contributed by atoms with Gasteiger partial charge in [-0.15, -0.1) is 0 Å². The molecule has 0 saturated carbocycles. The van der Waals surface area contributed by atoms with Crippen LogP contribution < -0.4 is 9.47 Å². The highest BCUT2D eigenvalue weighted by molar-refractivity contribution is 5.81. The number of carbonyl (C=O) groups is 1. The number of hydrogen-bond acceptors (Lipinski definition) is 3. The Kier molecular flexibility index (Phi) is 14.1. The first-order valence-corrected chi connectivity index (χ1v) is 18.3. The monoisotopic (exact) mass is 619 g/mol. The van der Waals surface area contributed by atoms with Crippen LogP contribution in [0.15, 0.2) is 24.3 Å². The SMILES string of the molecule is Cc1c(C)c2c(c(C)c1OC(=O)[C@@H](C)c1ccc(CC(C)C)cc1)CCC(C)(CCCC(C)CCCC(C)CCCC(C)C)O2. The first-order valence-electron chi connectivity index (χ1n) is 18.3. The zero-order valence-corrected chi connectivity index (χ0v) is 30.9. The largest absolute Gasteiger partial charge is 0.487 e. The number of esters is 1. The first-order chi connectivity index (χ1) is 21.2. The highest BCUT2D eigenvalue weighted by atomic mass is 16.5. The third kappa shape index (κ3) is 10.9. The van der Waals surface area contributed by atoms with Crippen LogP contribution in [-0.4, -0.2) is 11.6 Å². The number of rotatable bonds is 17. The number of ether oxygens (including phenoxy) is 2. The zero-order chi connectivity index (χ0) is 33.3. The van der Waals surface area contributed by atoms with Crippen molar-refractivity contribution in [1.82, 2.24) is 0 Å². The van der Waals surface area contributed by atoms with Gasteiger partial charge in [0.1, 0.15) is 17.1 Å². The number of carbonyl (C=O) groups excluding carboxylic acids is 1. The molecule has 1 aliphatic rings. The van der Waals surface area contributed by atoms with E-state index in [0.717, 1.165) is 77.2 Å². The molecule has 3 unspecified atom stereocenters. The molecule has 0 fully saturated rings. The fraction of sp³-hybridized carbons (Fsp3) is 0.690. The minimum atomic E-state index is -0.326. The van der Waals surface area contributed by atoms with Gasteiger partial charge in [-0.3, -0.25) is 4.79 Å². The average molecular weight is 619 g/mol. The van der Waals surface area contributed by atoms with Crippen LogP contribution in [0.2, 0.25) is 0 Å². The summed E-state index contributed by atoms with van der Waals surface area (Å²) >= 11 is 0. The van der Waals surface area contributed by atoms with E-state index in [1.807, 2.05) is 6.92 Å². The molecule has 0 aliphatic carbocycles. The van der Waals surface area contributed by atoms with Crippen molar-refractivity contribution in [2.75, 3.05) is 0 Å². The van der Waals surface area contributed by atoms with E-state index in [-0.39, 0.29) is 17.5 Å². The molecule has 3 heteroatoms. The lowest BCUT2D eigenvalue weighted by Gasteiger charge is -2.38. The Hall–Kier alpha value is -2.29. The normalized spacial score (nSPS) is 18.4. The maximum Gasteiger partial charge on any atom is 0.318 e. The second-order valence-electron chi connectivity index (χ2n) is 15.9. The topological polar surface area (TPSA) is 35.5 Å². The predicted octanol–water partition coefficient (Wildman–Crippen LogP) is 12.0. The third-order valence-corrected chi connectivity index (χ3v) is 10.5. The first kappa shape index (κ1) is 37.2. The van der Waals surface area contributed by atoms with Crippen LogP contribution in [0, 0.1) is 44.4 Å². The Morgan fingerprint density at radius 2 is 1.36 bits per heavy atom. The molecular formula is C42H66O3. The molecular weight excluding hydrogens is 552 g/mol. The third-order valence-electron chi connectivity index (χ3n) is 10.5. The average Bonchev–Trinajstić information content (AvgIpc) is 2.97. The molecule has 0 amide bonds. The van der Waals surface area contributed by atoms with Gasteiger partial charge in [-0.05, 0) is 118 Å². The van der Waals surface area contributed by atoms with Crippen LogP contribution in [0.5, 0.6) is 11.5 Å². The predicted molar refractivity (Wildman–Crippen MR) is 192 cm³/mol. The Labute approximate surface area is 277 Å². The summed E-state index contributed by atoms with van der Waals surface area (Å²) in [4.78, 5) is 13.3. The molecule has 2 aromatic carbocycles. The molecule has 1 aliphatic heterocycles. The number of benzene rings is 2. The molecule has 3 nitrogen and oxygen atoms in total. The smallest absolute Gasteiger partial charge is 0.318 e. The molecule has 0 aromatic heterocycles. The number of fused-ring (bicyclic) bond motifs is 1. The summed E-state index contributed by atoms with van der Waals surface area (Å²) in [6.45, 7) is 24.5. The molecule has 2 aromatic rings. The van der Waals surface area contributed by atoms with Crippen LogP contribution >= 0.6 is 0 Å². The summed E-state index contributed by atoms with van der Waals surface area (Å²) in [5.41, 5.74) is 6.53. The van der Waals surface area contributed by atoms with Crippen molar-refractivity contribution in [2.24, 2.45) is 23.7 Å². The molecule has 45 heavy (non-hydrogen) atoms. The lowest BCUT2D eigenvalue weighted by molar-refractivity contribution is -0.135. The molecule has 4 atom stereocenters. The zero-order valence-electron chi connectivity index (χ0n) is 30.9. The minimum Gasteiger partial charge on any atom is -0.487 e. The molecule has 0 bridgehead atoms. The summed E-state index contributed by atoms with van der Waals surface area (Å²) in [5, 5.41) is 0. The van der Waals surface area contributed by atoms with Crippen LogP contribution in [0.4, 0.5) is 0 Å². The summed E-state index contributed by atoms with van der Waals surface area (Å²) in [6.07, 6.45) is 14.8. The summed E-state index contributed by atoms with van der Waals surface area (Å²) < 4.78 is 13.0. The van der Waals surface area contributed by atoms with Gasteiger partial charge in [0.05, 0.1) is 5.92 Å². The van der Waals surface area contributed by atoms with Gasteiger partial charge < -0.3 is 9.47 Å². The van der Waals surface area contributed by atoms with E-state index in [2.05, 4.69) is 93.5 Å². The molecule has 252 valence electrons. The van der Waals surface area contributed by atoms with E-state index in [1.54, 1.807) is 0 Å². The van der Waals surface area contributed by atoms with Crippen LogP contribution in [-0.2, 0) is 17.6 Å². The summed E-state index contributed by atoms with van der Waals surface area (Å²) in [5.74, 6) is 4.29. The van der Waals surface area contributed by atoms with Crippen molar-refractivity contribution in [3.05, 3.63) is 57.6 Å². The van der Waals surface area contributed by atoms with Crippen LogP contribution in [0.1, 0.15) is 159 Å². The van der Waals surface area contributed by atoms with Crippen LogP contribution in [0.3, 0.4) is 0 Å². The van der Waals surface area contributed by atoms with Crippen molar-refractivity contribution in [1.29, 1.82) is 0 Å². The molecule has 3 rings (SSSR count). The van der Waals surface area contributed by atoms with Crippen molar-refractivity contribution in [3.8, 4) is 11.5 Å². The van der Waals surface area contributed by atoms with Gasteiger partial charge in [-0.1, -0.05) is 111 Å². The van der Waals surface area contributed by atoms with E-state index in [1.165, 1.54) is 62.5 Å². The lowest BCUT2D eigenvalue weighted by Crippen LogP contribution is -2.37. The van der Waals surface area contributed by atoms with E-state index in [0.29, 0.717) is 5.92 Å². The summed E-state index contributed by atoms with van der Waals surface area (Å²) in [6, 6.07) is 8.44. The van der Waals surface area contributed by atoms with Gasteiger partial charge in [0.25, 0.3) is 0 Å². The Balaban J connectivity index is 1.55. The van der Waals surface area contributed by atoms with Gasteiger partial charge >= 0.3 is 5.97 Å². The molecule has 0 saturated heterocycles. The van der Waals surface area contributed by atoms with Gasteiger partial charge in [0.2, 0.25) is 0 Å². The van der Waals surface area contributed by atoms with Crippen molar-refractivity contribution in [3.63, 3.8) is 0 Å². The van der Waals surface area contributed by atoms with Gasteiger partial charge in [0, 0.05) is 5.56 Å². The van der Waals surface area contributed by atoms with E-state index >= 15 is 0 Å². The van der Waals surface area contributed by atoms with Crippen molar-refractivity contribution >= 4 is 5.97 Å². The second-order valence-corrected chi connectivity index (χ2v) is 15.9. The standard InChI is InChI=1S/C42H66O3/c1-28(2)15-12-16-30(5)17-13-18-31(6)19-14-25-42(11)26-24-38-35(10)39(32(7)33(8)40(38)45-42)44-41(43)34(9)37-22-20-36(21-23-37)27-29(3)4/h20-23,28-31,34H,12-19,24-27H2,1-11H3/t30?,31?,34-,42?/m0/s1. The van der Waals surface area contributed by atoms with Crippen molar-refractivity contribution < 1.29 is 14.3 Å². The summed E-state index contributed by atoms with van der Waals surface area (Å²) in [7, 11) is 0.